The molecule has 0 N–H and O–H groups in total. The molecular formula is C21H27BrO2. The Morgan fingerprint density at radius 2 is 1.83 bits per heavy atom. The third kappa shape index (κ3) is 1.88. The van der Waals surface area contributed by atoms with Crippen LogP contribution in [-0.4, -0.2) is 11.6 Å². The lowest BCUT2D eigenvalue weighted by molar-refractivity contribution is -0.132. The summed E-state index contributed by atoms with van der Waals surface area (Å²) in [5, 5.41) is 0. The highest BCUT2D eigenvalue weighted by Gasteiger charge is 2.61. The number of fused-ring (bicyclic) bond motifs is 5. The smallest absolute Gasteiger partial charge is 0.170 e. The van der Waals surface area contributed by atoms with E-state index in [1.54, 1.807) is 0 Å². The Labute approximate surface area is 153 Å². The Morgan fingerprint density at radius 1 is 1.12 bits per heavy atom. The van der Waals surface area contributed by atoms with Crippen LogP contribution in [0.4, 0.5) is 0 Å². The molecule has 3 saturated carbocycles. The molecule has 0 aromatic heterocycles. The van der Waals surface area contributed by atoms with Crippen LogP contribution in [0.5, 0.6) is 0 Å². The van der Waals surface area contributed by atoms with Gasteiger partial charge in [0.15, 0.2) is 5.78 Å². The third-order valence-corrected chi connectivity index (χ3v) is 9.11. The first-order valence-corrected chi connectivity index (χ1v) is 10.2. The molecule has 0 spiro atoms. The topological polar surface area (TPSA) is 34.1 Å². The van der Waals surface area contributed by atoms with Gasteiger partial charge in [-0.05, 0) is 76.4 Å². The molecule has 24 heavy (non-hydrogen) atoms. The van der Waals surface area contributed by atoms with Crippen molar-refractivity contribution in [1.82, 2.24) is 0 Å². The van der Waals surface area contributed by atoms with Gasteiger partial charge < -0.3 is 0 Å². The second kappa shape index (κ2) is 5.16. The highest BCUT2D eigenvalue weighted by Crippen LogP contribution is 2.67. The van der Waals surface area contributed by atoms with E-state index in [4.69, 9.17) is 0 Å². The molecule has 3 fully saturated rings. The van der Waals surface area contributed by atoms with Gasteiger partial charge in [-0.3, -0.25) is 9.59 Å². The number of carbonyl (C=O) groups excluding carboxylic acids is 2. The number of hydrogen-bond acceptors (Lipinski definition) is 2. The van der Waals surface area contributed by atoms with Gasteiger partial charge in [-0.25, -0.2) is 0 Å². The van der Waals surface area contributed by atoms with E-state index in [2.05, 4.69) is 43.3 Å². The molecular weight excluding hydrogens is 364 g/mol. The molecule has 130 valence electrons. The first-order chi connectivity index (χ1) is 11.2. The minimum Gasteiger partial charge on any atom is -0.299 e. The van der Waals surface area contributed by atoms with Crippen LogP contribution in [0.3, 0.4) is 0 Å². The van der Waals surface area contributed by atoms with Gasteiger partial charge in [0.1, 0.15) is 5.78 Å². The summed E-state index contributed by atoms with van der Waals surface area (Å²) < 4.78 is 0.780. The van der Waals surface area contributed by atoms with E-state index in [9.17, 15) is 9.59 Å². The van der Waals surface area contributed by atoms with Crippen LogP contribution in [0.25, 0.3) is 0 Å². The lowest BCUT2D eigenvalue weighted by Gasteiger charge is -2.59. The minimum absolute atomic E-state index is 0.0136. The van der Waals surface area contributed by atoms with Crippen LogP contribution in [0.2, 0.25) is 0 Å². The summed E-state index contributed by atoms with van der Waals surface area (Å²) in [4.78, 5) is 24.9. The van der Waals surface area contributed by atoms with E-state index >= 15 is 0 Å². The average molecular weight is 391 g/mol. The van der Waals surface area contributed by atoms with Gasteiger partial charge in [-0.1, -0.05) is 27.4 Å². The Kier molecular flexibility index (Phi) is 3.60. The van der Waals surface area contributed by atoms with Crippen molar-refractivity contribution < 1.29 is 9.59 Å². The predicted octanol–water partition coefficient (Wildman–Crippen LogP) is 5.22. The van der Waals surface area contributed by atoms with Gasteiger partial charge >= 0.3 is 0 Å². The molecule has 0 radical (unpaired) electrons. The number of allylic oxidation sites excluding steroid dienone is 2. The van der Waals surface area contributed by atoms with Crippen molar-refractivity contribution in [3.63, 3.8) is 0 Å². The van der Waals surface area contributed by atoms with Crippen molar-refractivity contribution in [1.29, 1.82) is 0 Å². The second-order valence-electron chi connectivity index (χ2n) is 9.10. The molecule has 0 aliphatic heterocycles. The maximum atomic E-state index is 12.5. The quantitative estimate of drug-likeness (QED) is 0.567. The molecule has 6 atom stereocenters. The van der Waals surface area contributed by atoms with Crippen molar-refractivity contribution in [3.8, 4) is 0 Å². The van der Waals surface area contributed by atoms with Gasteiger partial charge in [0.25, 0.3) is 0 Å². The van der Waals surface area contributed by atoms with E-state index in [0.29, 0.717) is 35.9 Å². The highest BCUT2D eigenvalue weighted by atomic mass is 79.9. The Balaban J connectivity index is 1.83. The monoisotopic (exact) mass is 390 g/mol. The Morgan fingerprint density at radius 3 is 2.54 bits per heavy atom. The summed E-state index contributed by atoms with van der Waals surface area (Å²) in [5.41, 5.74) is 2.23. The van der Waals surface area contributed by atoms with Gasteiger partial charge in [-0.15, -0.1) is 0 Å². The maximum absolute atomic E-state index is 12.5. The zero-order valence-corrected chi connectivity index (χ0v) is 16.5. The molecule has 0 aromatic carbocycles. The van der Waals surface area contributed by atoms with Crippen LogP contribution in [-0.2, 0) is 9.59 Å². The molecule has 4 rings (SSSR count). The van der Waals surface area contributed by atoms with Crippen molar-refractivity contribution in [3.05, 3.63) is 22.2 Å². The fraction of sp³-hybridized carbons (Fsp3) is 0.714. The van der Waals surface area contributed by atoms with Crippen molar-refractivity contribution in [2.75, 3.05) is 0 Å². The fourth-order valence-corrected chi connectivity index (χ4v) is 7.63. The highest BCUT2D eigenvalue weighted by molar-refractivity contribution is 9.12. The van der Waals surface area contributed by atoms with Crippen LogP contribution >= 0.6 is 15.9 Å². The van der Waals surface area contributed by atoms with Crippen LogP contribution < -0.4 is 0 Å². The van der Waals surface area contributed by atoms with Crippen LogP contribution in [0, 0.1) is 34.5 Å². The van der Waals surface area contributed by atoms with Gasteiger partial charge in [-0.2, -0.15) is 0 Å². The first kappa shape index (κ1) is 16.8. The van der Waals surface area contributed by atoms with Gasteiger partial charge in [0, 0.05) is 23.7 Å². The number of rotatable bonds is 0. The summed E-state index contributed by atoms with van der Waals surface area (Å²) in [5.74, 6) is 2.67. The largest absolute Gasteiger partial charge is 0.299 e. The summed E-state index contributed by atoms with van der Waals surface area (Å²) in [7, 11) is 0. The number of carbonyl (C=O) groups is 2. The number of ketones is 2. The number of Topliss-reactive ketones (excluding diaryl/α,β-unsaturated/α-hetero) is 2. The zero-order valence-electron chi connectivity index (χ0n) is 15.0. The van der Waals surface area contributed by atoms with E-state index in [1.165, 1.54) is 5.57 Å². The zero-order chi connectivity index (χ0) is 17.4. The first-order valence-electron chi connectivity index (χ1n) is 9.36. The summed E-state index contributed by atoms with van der Waals surface area (Å²) in [6.45, 7) is 11.2. The van der Waals surface area contributed by atoms with Gasteiger partial charge in [0.05, 0.1) is 4.48 Å². The Hall–Kier alpha value is -0.700. The molecule has 0 bridgehead atoms. The third-order valence-electron chi connectivity index (χ3n) is 8.27. The SMILES string of the molecule is C=C1C[C@@H]2[C@H](CC[C@]3(C)C(=O)CC[C@@H]23)[C@]2(C)C1=C(Br)C(=O)C[C@@H]2C. The number of hydrogen-bond donors (Lipinski definition) is 0. The lowest BCUT2D eigenvalue weighted by atomic mass is 9.45. The molecule has 3 heteroatoms. The molecule has 0 saturated heterocycles. The van der Waals surface area contributed by atoms with Crippen molar-refractivity contribution in [2.45, 2.75) is 59.3 Å². The molecule has 0 unspecified atom stereocenters. The van der Waals surface area contributed by atoms with E-state index in [0.717, 1.165) is 42.2 Å². The van der Waals surface area contributed by atoms with E-state index in [-0.39, 0.29) is 16.6 Å². The Bertz CT molecular complexity index is 690. The molecule has 0 aromatic rings. The standard InChI is InChI=1S/C21H27BrO2/c1-11-9-13-14-5-6-17(24)20(14,3)8-7-15(13)21(4)12(2)10-16(23)19(22)18(11)21/h12-15H,1,5-10H2,2-4H3/t12-,13-,14-,15-,20-,21+/m0/s1. The fourth-order valence-electron chi connectivity index (χ4n) is 6.76. The second-order valence-corrected chi connectivity index (χ2v) is 9.90. The molecule has 4 aliphatic rings. The van der Waals surface area contributed by atoms with E-state index < -0.39 is 0 Å². The summed E-state index contributed by atoms with van der Waals surface area (Å²) in [6, 6.07) is 0. The van der Waals surface area contributed by atoms with Crippen LogP contribution in [0.15, 0.2) is 22.2 Å². The van der Waals surface area contributed by atoms with E-state index in [1.807, 2.05) is 0 Å². The summed E-state index contributed by atoms with van der Waals surface area (Å²) >= 11 is 3.61. The molecule has 2 nitrogen and oxygen atoms in total. The normalized spacial score (nSPS) is 48.2. The van der Waals surface area contributed by atoms with Crippen LogP contribution in [0.1, 0.15) is 59.3 Å². The minimum atomic E-state index is -0.107. The van der Waals surface area contributed by atoms with Crippen molar-refractivity contribution in [2.24, 2.45) is 34.5 Å². The maximum Gasteiger partial charge on any atom is 0.170 e. The average Bonchev–Trinajstić information content (AvgIpc) is 2.81. The summed E-state index contributed by atoms with van der Waals surface area (Å²) in [6.07, 6.45) is 5.51. The lowest BCUT2D eigenvalue weighted by Crippen LogP contribution is -2.53. The predicted molar refractivity (Wildman–Crippen MR) is 98.7 cm³/mol. The van der Waals surface area contributed by atoms with Gasteiger partial charge in [0.2, 0.25) is 0 Å². The molecule has 0 amide bonds. The number of halogens is 1. The molecule has 4 aliphatic carbocycles. The molecule has 0 heterocycles. The van der Waals surface area contributed by atoms with Crippen molar-refractivity contribution >= 4 is 27.5 Å².